The Labute approximate surface area is 162 Å². The number of fused-ring (bicyclic) bond motifs is 1. The fourth-order valence-corrected chi connectivity index (χ4v) is 3.93. The molecule has 3 aromatic rings. The van der Waals surface area contributed by atoms with Crippen molar-refractivity contribution in [3.63, 3.8) is 0 Å². The van der Waals surface area contributed by atoms with Crippen molar-refractivity contribution in [1.82, 2.24) is 14.2 Å². The van der Waals surface area contributed by atoms with Gasteiger partial charge in [-0.2, -0.15) is 0 Å². The van der Waals surface area contributed by atoms with Gasteiger partial charge in [0.15, 0.2) is 5.58 Å². The Morgan fingerprint density at radius 1 is 1.11 bits per heavy atom. The maximum absolute atomic E-state index is 12.4. The van der Waals surface area contributed by atoms with Gasteiger partial charge in [0.05, 0.1) is 10.4 Å². The molecular weight excluding hydrogens is 382 g/mol. The summed E-state index contributed by atoms with van der Waals surface area (Å²) in [6.45, 7) is 0.239. The number of benzene rings is 2. The molecule has 0 bridgehead atoms. The summed E-state index contributed by atoms with van der Waals surface area (Å²) >= 11 is 0. The van der Waals surface area contributed by atoms with E-state index in [1.165, 1.54) is 24.7 Å². The summed E-state index contributed by atoms with van der Waals surface area (Å²) in [6, 6.07) is 13.5. The first-order valence-corrected chi connectivity index (χ1v) is 10.1. The van der Waals surface area contributed by atoms with Crippen LogP contribution in [0.1, 0.15) is 12.0 Å². The summed E-state index contributed by atoms with van der Waals surface area (Å²) in [5, 5.41) is 2.71. The summed E-state index contributed by atoms with van der Waals surface area (Å²) < 4.78 is 32.5. The molecule has 0 unspecified atom stereocenters. The van der Waals surface area contributed by atoms with E-state index < -0.39 is 15.8 Å². The second kappa shape index (κ2) is 7.99. The van der Waals surface area contributed by atoms with E-state index in [1.54, 1.807) is 42.5 Å². The predicted octanol–water partition coefficient (Wildman–Crippen LogP) is 1.55. The Morgan fingerprint density at radius 3 is 2.54 bits per heavy atom. The molecule has 9 heteroatoms. The molecule has 1 aromatic heterocycles. The lowest BCUT2D eigenvalue weighted by molar-refractivity contribution is -0.121. The SMILES string of the molecule is CN(C)S(=O)(=O)c1ccccc1CNC(=O)CCn1c(=O)oc2ccccc21. The van der Waals surface area contributed by atoms with Gasteiger partial charge < -0.3 is 9.73 Å². The molecule has 0 radical (unpaired) electrons. The van der Waals surface area contributed by atoms with E-state index in [9.17, 15) is 18.0 Å². The van der Waals surface area contributed by atoms with Crippen LogP contribution in [-0.4, -0.2) is 37.3 Å². The van der Waals surface area contributed by atoms with Crippen LogP contribution in [0.15, 0.2) is 62.6 Å². The Hall–Kier alpha value is -2.91. The highest BCUT2D eigenvalue weighted by Crippen LogP contribution is 2.18. The van der Waals surface area contributed by atoms with Crippen LogP contribution < -0.4 is 11.1 Å². The molecule has 8 nitrogen and oxygen atoms in total. The van der Waals surface area contributed by atoms with Crippen molar-refractivity contribution in [3.8, 4) is 0 Å². The molecule has 0 spiro atoms. The van der Waals surface area contributed by atoms with Gasteiger partial charge in [-0.05, 0) is 23.8 Å². The third-order valence-electron chi connectivity index (χ3n) is 4.34. The number of oxazole rings is 1. The zero-order valence-corrected chi connectivity index (χ0v) is 16.4. The van der Waals surface area contributed by atoms with Gasteiger partial charge in [-0.3, -0.25) is 9.36 Å². The molecule has 0 fully saturated rings. The van der Waals surface area contributed by atoms with E-state index in [0.717, 1.165) is 4.31 Å². The van der Waals surface area contributed by atoms with E-state index in [4.69, 9.17) is 4.42 Å². The van der Waals surface area contributed by atoms with E-state index in [2.05, 4.69) is 5.32 Å². The molecule has 2 aromatic carbocycles. The Kier molecular flexibility index (Phi) is 5.66. The molecule has 0 saturated heterocycles. The van der Waals surface area contributed by atoms with Crippen LogP contribution in [0.25, 0.3) is 11.1 Å². The smallest absolute Gasteiger partial charge is 0.408 e. The van der Waals surface area contributed by atoms with Crippen molar-refractivity contribution in [2.24, 2.45) is 0 Å². The summed E-state index contributed by atoms with van der Waals surface area (Å²) in [4.78, 5) is 24.3. The predicted molar refractivity (Wildman–Crippen MR) is 104 cm³/mol. The maximum atomic E-state index is 12.4. The highest BCUT2D eigenvalue weighted by atomic mass is 32.2. The summed E-state index contributed by atoms with van der Waals surface area (Å²) in [7, 11) is -0.697. The number of nitrogens with one attached hydrogen (secondary N) is 1. The van der Waals surface area contributed by atoms with Crippen molar-refractivity contribution in [2.45, 2.75) is 24.4 Å². The second-order valence-electron chi connectivity index (χ2n) is 6.41. The lowest BCUT2D eigenvalue weighted by Gasteiger charge is -2.15. The second-order valence-corrected chi connectivity index (χ2v) is 8.53. The Morgan fingerprint density at radius 2 is 1.79 bits per heavy atom. The van der Waals surface area contributed by atoms with E-state index >= 15 is 0 Å². The van der Waals surface area contributed by atoms with Gasteiger partial charge in [0.1, 0.15) is 0 Å². The third kappa shape index (κ3) is 4.00. The number of aryl methyl sites for hydroxylation is 1. The van der Waals surface area contributed by atoms with Gasteiger partial charge in [0, 0.05) is 33.6 Å². The first-order valence-electron chi connectivity index (χ1n) is 8.66. The molecular formula is C19H21N3O5S. The van der Waals surface area contributed by atoms with Crippen molar-refractivity contribution >= 4 is 27.0 Å². The van der Waals surface area contributed by atoms with Crippen LogP contribution in [0, 0.1) is 0 Å². The number of sulfonamides is 1. The van der Waals surface area contributed by atoms with Crippen molar-refractivity contribution < 1.29 is 17.6 Å². The van der Waals surface area contributed by atoms with Gasteiger partial charge in [-0.15, -0.1) is 0 Å². The summed E-state index contributed by atoms with van der Waals surface area (Å²) in [5.74, 6) is -0.814. The van der Waals surface area contributed by atoms with Crippen LogP contribution >= 0.6 is 0 Å². The Balaban J connectivity index is 1.67. The van der Waals surface area contributed by atoms with Gasteiger partial charge in [-0.1, -0.05) is 30.3 Å². The summed E-state index contributed by atoms with van der Waals surface area (Å²) in [6.07, 6.45) is 0.0615. The normalized spacial score (nSPS) is 11.8. The highest BCUT2D eigenvalue weighted by Gasteiger charge is 2.20. The van der Waals surface area contributed by atoms with E-state index in [-0.39, 0.29) is 30.3 Å². The Bertz CT molecular complexity index is 1160. The monoisotopic (exact) mass is 403 g/mol. The highest BCUT2D eigenvalue weighted by molar-refractivity contribution is 7.89. The zero-order chi connectivity index (χ0) is 20.3. The molecule has 0 aliphatic rings. The molecule has 148 valence electrons. The number of hydrogen-bond acceptors (Lipinski definition) is 5. The van der Waals surface area contributed by atoms with Crippen LogP contribution in [0.4, 0.5) is 0 Å². The van der Waals surface area contributed by atoms with Gasteiger partial charge in [-0.25, -0.2) is 17.5 Å². The van der Waals surface area contributed by atoms with Crippen molar-refractivity contribution in [1.29, 1.82) is 0 Å². The number of nitrogens with zero attached hydrogens (tertiary/aromatic N) is 2. The molecule has 28 heavy (non-hydrogen) atoms. The lowest BCUT2D eigenvalue weighted by atomic mass is 10.2. The number of rotatable bonds is 7. The third-order valence-corrected chi connectivity index (χ3v) is 6.26. The van der Waals surface area contributed by atoms with Gasteiger partial charge >= 0.3 is 5.76 Å². The molecule has 0 atom stereocenters. The first kappa shape index (κ1) is 19.8. The fraction of sp³-hybridized carbons (Fsp3) is 0.263. The molecule has 1 heterocycles. The standard InChI is InChI=1S/C19H21N3O5S/c1-21(2)28(25,26)17-10-6-3-7-14(17)13-20-18(23)11-12-22-15-8-4-5-9-16(15)27-19(22)24/h3-10H,11-13H2,1-2H3,(H,20,23). The number of hydrogen-bond donors (Lipinski definition) is 1. The average molecular weight is 403 g/mol. The van der Waals surface area contributed by atoms with Crippen LogP contribution in [0.2, 0.25) is 0 Å². The summed E-state index contributed by atoms with van der Waals surface area (Å²) in [5.41, 5.74) is 1.59. The minimum absolute atomic E-state index is 0.0615. The average Bonchev–Trinajstić information content (AvgIpc) is 2.99. The van der Waals surface area contributed by atoms with E-state index in [0.29, 0.717) is 16.7 Å². The number of para-hydroxylation sites is 2. The fourth-order valence-electron chi connectivity index (χ4n) is 2.82. The van der Waals surface area contributed by atoms with Crippen LogP contribution in [0.5, 0.6) is 0 Å². The molecule has 0 aliphatic carbocycles. The van der Waals surface area contributed by atoms with Gasteiger partial charge in [0.25, 0.3) is 0 Å². The molecule has 1 N–H and O–H groups in total. The largest absolute Gasteiger partial charge is 0.419 e. The quantitative estimate of drug-likeness (QED) is 0.645. The lowest BCUT2D eigenvalue weighted by Crippen LogP contribution is -2.28. The number of amides is 1. The molecule has 3 rings (SSSR count). The van der Waals surface area contributed by atoms with Crippen LogP contribution in [-0.2, 0) is 27.9 Å². The number of carbonyl (C=O) groups excluding carboxylic acids is 1. The van der Waals surface area contributed by atoms with Crippen molar-refractivity contribution in [3.05, 3.63) is 64.6 Å². The molecule has 1 amide bonds. The minimum atomic E-state index is -3.61. The topological polar surface area (TPSA) is 102 Å². The van der Waals surface area contributed by atoms with Crippen molar-refractivity contribution in [2.75, 3.05) is 14.1 Å². The van der Waals surface area contributed by atoms with Gasteiger partial charge in [0.2, 0.25) is 15.9 Å². The zero-order valence-electron chi connectivity index (χ0n) is 15.6. The number of aromatic nitrogens is 1. The molecule has 0 saturated carbocycles. The van der Waals surface area contributed by atoms with Crippen LogP contribution in [0.3, 0.4) is 0 Å². The van der Waals surface area contributed by atoms with E-state index in [1.807, 2.05) is 0 Å². The number of carbonyl (C=O) groups is 1. The minimum Gasteiger partial charge on any atom is -0.408 e. The molecule has 0 aliphatic heterocycles. The maximum Gasteiger partial charge on any atom is 0.419 e. The first-order chi connectivity index (χ1) is 13.3.